The molecule has 0 spiro atoms. The summed E-state index contributed by atoms with van der Waals surface area (Å²) in [5.41, 5.74) is 1.84. The fraction of sp³-hybridized carbons (Fsp3) is 0.409. The van der Waals surface area contributed by atoms with E-state index in [0.717, 1.165) is 31.7 Å². The Labute approximate surface area is 191 Å². The van der Waals surface area contributed by atoms with Crippen molar-refractivity contribution in [2.75, 3.05) is 40.3 Å². The van der Waals surface area contributed by atoms with Gasteiger partial charge in [0.05, 0.1) is 11.0 Å². The maximum Gasteiger partial charge on any atom is 0.346 e. The van der Waals surface area contributed by atoms with Crippen LogP contribution in [-0.4, -0.2) is 65.3 Å². The molecule has 0 N–H and O–H groups in total. The van der Waals surface area contributed by atoms with Gasteiger partial charge in [0.1, 0.15) is 5.75 Å². The summed E-state index contributed by atoms with van der Waals surface area (Å²) >= 11 is 0. The molecule has 0 saturated carbocycles. The van der Waals surface area contributed by atoms with E-state index in [1.54, 1.807) is 44.4 Å². The minimum absolute atomic E-state index is 0.136. The number of nitro benzene ring substituents is 1. The van der Waals surface area contributed by atoms with Crippen molar-refractivity contribution in [1.29, 1.82) is 0 Å². The highest BCUT2D eigenvalue weighted by Gasteiger charge is 2.51. The first kappa shape index (κ1) is 22.0. The number of hydrogen-bond acceptors (Lipinski definition) is 6. The van der Waals surface area contributed by atoms with Gasteiger partial charge >= 0.3 is 13.4 Å². The molecule has 1 atom stereocenters. The highest BCUT2D eigenvalue weighted by molar-refractivity contribution is 7.54. The van der Waals surface area contributed by atoms with Gasteiger partial charge in [0.25, 0.3) is 5.91 Å². The van der Waals surface area contributed by atoms with E-state index in [4.69, 9.17) is 9.26 Å². The molecule has 1 aliphatic carbocycles. The first-order chi connectivity index (χ1) is 15.8. The minimum Gasteiger partial charge on any atom is -0.450 e. The molecule has 2 aromatic rings. The number of hydrogen-bond donors (Lipinski definition) is 0. The van der Waals surface area contributed by atoms with Crippen LogP contribution in [0.25, 0.3) is 0 Å². The van der Waals surface area contributed by atoms with Crippen LogP contribution in [-0.2, 0) is 15.5 Å². The zero-order valence-electron chi connectivity index (χ0n) is 18.5. The fourth-order valence-electron chi connectivity index (χ4n) is 4.10. The lowest BCUT2D eigenvalue weighted by Crippen LogP contribution is -2.21. The third-order valence-corrected chi connectivity index (χ3v) is 8.79. The molecule has 33 heavy (non-hydrogen) atoms. The highest BCUT2D eigenvalue weighted by atomic mass is 31.2. The molecule has 174 valence electrons. The molecule has 0 aromatic heterocycles. The van der Waals surface area contributed by atoms with Gasteiger partial charge in [0, 0.05) is 57.5 Å². The van der Waals surface area contributed by atoms with Crippen LogP contribution < -0.4 is 4.74 Å². The lowest BCUT2D eigenvalue weighted by atomic mass is 10.1. The molecule has 3 aliphatic rings. The average molecular weight is 472 g/mol. The van der Waals surface area contributed by atoms with Crippen LogP contribution in [0.3, 0.4) is 0 Å². The van der Waals surface area contributed by atoms with Gasteiger partial charge < -0.3 is 9.64 Å². The van der Waals surface area contributed by atoms with Gasteiger partial charge in [-0.05, 0) is 48.7 Å². The summed E-state index contributed by atoms with van der Waals surface area (Å²) in [6.45, 7) is 3.03. The van der Waals surface area contributed by atoms with Crippen molar-refractivity contribution in [2.45, 2.75) is 18.9 Å². The maximum absolute atomic E-state index is 13.4. The predicted molar refractivity (Wildman–Crippen MR) is 121 cm³/mol. The zero-order valence-corrected chi connectivity index (χ0v) is 19.4. The molecule has 2 heterocycles. The van der Waals surface area contributed by atoms with Crippen molar-refractivity contribution >= 4 is 19.3 Å². The molecule has 0 radical (unpaired) electrons. The van der Waals surface area contributed by atoms with E-state index in [0.29, 0.717) is 29.7 Å². The number of nitro groups is 1. The summed E-state index contributed by atoms with van der Waals surface area (Å²) in [6, 6.07) is 9.60. The molecule has 0 bridgehead atoms. The first-order valence-electron chi connectivity index (χ1n) is 10.9. The molecule has 10 nitrogen and oxygen atoms in total. The summed E-state index contributed by atoms with van der Waals surface area (Å²) in [4.78, 5) is 24.8. The van der Waals surface area contributed by atoms with Crippen LogP contribution >= 0.6 is 7.67 Å². The smallest absolute Gasteiger partial charge is 0.346 e. The van der Waals surface area contributed by atoms with Crippen LogP contribution in [0.5, 0.6) is 11.5 Å². The summed E-state index contributed by atoms with van der Waals surface area (Å²) in [6.07, 6.45) is 0.693. The van der Waals surface area contributed by atoms with Crippen LogP contribution in [0, 0.1) is 10.1 Å². The Bertz CT molecular complexity index is 1140. The number of benzene rings is 2. The molecular weight excluding hydrogens is 447 g/mol. The summed E-state index contributed by atoms with van der Waals surface area (Å²) in [7, 11) is 0.310. The van der Waals surface area contributed by atoms with Crippen molar-refractivity contribution in [2.24, 2.45) is 0 Å². The van der Waals surface area contributed by atoms with Gasteiger partial charge in [0.2, 0.25) is 5.75 Å². The van der Waals surface area contributed by atoms with E-state index in [-0.39, 0.29) is 17.3 Å². The Morgan fingerprint density at radius 2 is 1.73 bits per heavy atom. The Morgan fingerprint density at radius 1 is 1.09 bits per heavy atom. The Morgan fingerprint density at radius 3 is 2.27 bits per heavy atom. The van der Waals surface area contributed by atoms with Crippen molar-refractivity contribution in [3.05, 3.63) is 63.2 Å². The van der Waals surface area contributed by atoms with Gasteiger partial charge in [-0.15, -0.1) is 0 Å². The standard InChI is InChI=1S/C22H25N4O6P/c1-23(2)22(27)15-3-5-16(6-4-15)31-21-18-8-10-20(17(18)7-9-19(21)26(28)29)32-33(30,24-11-12-24)25-13-14-25/h3-7,9,20H,8,10-14H2,1-2H3. The number of nitrogens with zero attached hydrogens (tertiary/aromatic N) is 4. The van der Waals surface area contributed by atoms with Gasteiger partial charge in [0.15, 0.2) is 0 Å². The Balaban J connectivity index is 1.44. The van der Waals surface area contributed by atoms with E-state index in [1.807, 2.05) is 9.34 Å². The lowest BCUT2D eigenvalue weighted by molar-refractivity contribution is -0.385. The van der Waals surface area contributed by atoms with Crippen molar-refractivity contribution in [1.82, 2.24) is 14.2 Å². The predicted octanol–water partition coefficient (Wildman–Crippen LogP) is 3.83. The number of carbonyl (C=O) groups is 1. The molecule has 1 amide bonds. The zero-order chi connectivity index (χ0) is 23.3. The summed E-state index contributed by atoms with van der Waals surface area (Å²) in [5, 5.41) is 11.7. The van der Waals surface area contributed by atoms with Crippen LogP contribution in [0.1, 0.15) is 34.0 Å². The number of amides is 1. The van der Waals surface area contributed by atoms with Crippen molar-refractivity contribution < 1.29 is 23.5 Å². The summed E-state index contributed by atoms with van der Waals surface area (Å²) in [5.74, 6) is 0.420. The molecule has 2 fully saturated rings. The SMILES string of the molecule is CN(C)C(=O)c1ccc(Oc2c([N+](=O)[O-])ccc3c2CCC3OP(=O)(N2CC2)N2CC2)cc1. The fourth-order valence-corrected chi connectivity index (χ4v) is 6.47. The van der Waals surface area contributed by atoms with E-state index in [1.165, 1.54) is 11.0 Å². The normalized spacial score (nSPS) is 19.8. The molecule has 2 aliphatic heterocycles. The second kappa shape index (κ2) is 8.22. The van der Waals surface area contributed by atoms with Gasteiger partial charge in [-0.3, -0.25) is 24.0 Å². The number of fused-ring (bicyclic) bond motifs is 1. The molecule has 2 saturated heterocycles. The monoisotopic (exact) mass is 472 g/mol. The van der Waals surface area contributed by atoms with E-state index < -0.39 is 18.7 Å². The second-order valence-corrected chi connectivity index (χ2v) is 10.9. The highest BCUT2D eigenvalue weighted by Crippen LogP contribution is 2.64. The second-order valence-electron chi connectivity index (χ2n) is 8.60. The third-order valence-electron chi connectivity index (χ3n) is 6.03. The number of ether oxygens (including phenoxy) is 1. The van der Waals surface area contributed by atoms with E-state index in [9.17, 15) is 19.5 Å². The first-order valence-corrected chi connectivity index (χ1v) is 12.4. The van der Waals surface area contributed by atoms with E-state index >= 15 is 0 Å². The number of rotatable bonds is 8. The minimum atomic E-state index is -3.03. The van der Waals surface area contributed by atoms with Gasteiger partial charge in [-0.1, -0.05) is 0 Å². The molecule has 11 heteroatoms. The van der Waals surface area contributed by atoms with Crippen LogP contribution in [0.2, 0.25) is 0 Å². The van der Waals surface area contributed by atoms with Gasteiger partial charge in [-0.25, -0.2) is 9.34 Å². The molecule has 5 rings (SSSR count). The van der Waals surface area contributed by atoms with Crippen molar-refractivity contribution in [3.63, 3.8) is 0 Å². The van der Waals surface area contributed by atoms with Crippen LogP contribution in [0.4, 0.5) is 5.69 Å². The van der Waals surface area contributed by atoms with Crippen LogP contribution in [0.15, 0.2) is 36.4 Å². The number of carbonyl (C=O) groups excluding carboxylic acids is 1. The lowest BCUT2D eigenvalue weighted by Gasteiger charge is -2.24. The third kappa shape index (κ3) is 4.15. The van der Waals surface area contributed by atoms with E-state index in [2.05, 4.69) is 0 Å². The topological polar surface area (TPSA) is 105 Å². The Hall–Kier alpha value is -2.78. The molecule has 1 unspecified atom stereocenters. The average Bonchev–Trinajstić information content (AvgIpc) is 3.70. The summed E-state index contributed by atoms with van der Waals surface area (Å²) < 4.78 is 29.3. The molecule has 2 aromatic carbocycles. The quantitative estimate of drug-likeness (QED) is 0.247. The van der Waals surface area contributed by atoms with Gasteiger partial charge in [-0.2, -0.15) is 0 Å². The largest absolute Gasteiger partial charge is 0.450 e. The Kier molecular flexibility index (Phi) is 5.49. The molecular formula is C22H25N4O6P. The maximum atomic E-state index is 13.4. The van der Waals surface area contributed by atoms with Crippen molar-refractivity contribution in [3.8, 4) is 11.5 Å².